The number of nitrogens with two attached hydrogens (primary N) is 1. The van der Waals surface area contributed by atoms with E-state index >= 15 is 0 Å². The Morgan fingerprint density at radius 1 is 1.43 bits per heavy atom. The summed E-state index contributed by atoms with van der Waals surface area (Å²) >= 11 is 0. The van der Waals surface area contributed by atoms with Gasteiger partial charge in [0.15, 0.2) is 0 Å². The fourth-order valence-electron chi connectivity index (χ4n) is 1.12. The smallest absolute Gasteiger partial charge is 0.328 e. The number of carbonyl (C=O) groups excluding carboxylic acids is 1. The Morgan fingerprint density at radius 3 is 2.57 bits per heavy atom. The van der Waals surface area contributed by atoms with E-state index in [1.165, 1.54) is 0 Å². The van der Waals surface area contributed by atoms with E-state index in [4.69, 9.17) is 10.5 Å². The molecule has 0 radical (unpaired) electrons. The average Bonchev–Trinajstić information content (AvgIpc) is 2.09. The molecule has 0 heterocycles. The first-order valence-electron chi connectivity index (χ1n) is 4.55. The Hall–Kier alpha value is -1.35. The molecule has 0 aromatic heterocycles. The molecule has 0 amide bonds. The van der Waals surface area contributed by atoms with Crippen molar-refractivity contribution in [3.63, 3.8) is 0 Å². The Labute approximate surface area is 83.9 Å². The second-order valence-corrected chi connectivity index (χ2v) is 3.48. The van der Waals surface area contributed by atoms with Gasteiger partial charge in [-0.25, -0.2) is 4.79 Å². The van der Waals surface area contributed by atoms with Crippen LogP contribution in [-0.4, -0.2) is 12.0 Å². The number of ether oxygens (including phenoxy) is 1. The van der Waals surface area contributed by atoms with Crippen molar-refractivity contribution in [1.82, 2.24) is 0 Å². The van der Waals surface area contributed by atoms with Gasteiger partial charge in [-0.2, -0.15) is 0 Å². The summed E-state index contributed by atoms with van der Waals surface area (Å²) in [7, 11) is 0. The van der Waals surface area contributed by atoms with Gasteiger partial charge in [0.25, 0.3) is 0 Å². The van der Waals surface area contributed by atoms with Crippen LogP contribution in [0.3, 0.4) is 0 Å². The summed E-state index contributed by atoms with van der Waals surface area (Å²) in [5.41, 5.74) is 7.47. The third kappa shape index (κ3) is 2.57. The lowest BCUT2D eigenvalue weighted by atomic mass is 10.1. The molecule has 14 heavy (non-hydrogen) atoms. The van der Waals surface area contributed by atoms with E-state index in [1.807, 2.05) is 26.0 Å². The molecule has 1 aromatic rings. The molecule has 0 bridgehead atoms. The van der Waals surface area contributed by atoms with Crippen LogP contribution in [0.4, 0.5) is 0 Å². The van der Waals surface area contributed by atoms with Crippen LogP contribution in [-0.2, 0) is 4.79 Å². The van der Waals surface area contributed by atoms with E-state index in [0.717, 1.165) is 11.1 Å². The highest BCUT2D eigenvalue weighted by Crippen LogP contribution is 2.18. The normalized spacial score (nSPS) is 12.3. The maximum absolute atomic E-state index is 11.2. The zero-order valence-corrected chi connectivity index (χ0v) is 8.70. The number of esters is 1. The largest absolute Gasteiger partial charge is 0.425 e. The van der Waals surface area contributed by atoms with Crippen molar-refractivity contribution in [2.75, 3.05) is 0 Å². The molecule has 3 heteroatoms. The molecule has 1 atom stereocenters. The minimum atomic E-state index is -0.587. The zero-order valence-electron chi connectivity index (χ0n) is 8.70. The molecule has 0 aliphatic carbocycles. The van der Waals surface area contributed by atoms with Crippen molar-refractivity contribution in [3.8, 4) is 5.75 Å². The Kier molecular flexibility index (Phi) is 3.25. The molecule has 0 spiro atoms. The van der Waals surface area contributed by atoms with Crippen molar-refractivity contribution in [2.45, 2.75) is 26.8 Å². The highest BCUT2D eigenvalue weighted by Gasteiger charge is 2.11. The summed E-state index contributed by atoms with van der Waals surface area (Å²) in [6, 6.07) is 5.06. The predicted molar refractivity (Wildman–Crippen MR) is 55.2 cm³/mol. The van der Waals surface area contributed by atoms with Crippen LogP contribution < -0.4 is 10.5 Å². The van der Waals surface area contributed by atoms with Gasteiger partial charge in [0.2, 0.25) is 0 Å². The molecule has 0 aliphatic rings. The van der Waals surface area contributed by atoms with E-state index < -0.39 is 12.0 Å². The van der Waals surface area contributed by atoms with Gasteiger partial charge < -0.3 is 10.5 Å². The van der Waals surface area contributed by atoms with E-state index in [1.54, 1.807) is 13.0 Å². The molecule has 0 fully saturated rings. The van der Waals surface area contributed by atoms with Crippen molar-refractivity contribution >= 4 is 5.97 Å². The van der Waals surface area contributed by atoms with Crippen molar-refractivity contribution < 1.29 is 9.53 Å². The molecule has 1 aromatic carbocycles. The molecule has 0 saturated heterocycles. The van der Waals surface area contributed by atoms with Crippen LogP contribution in [0.25, 0.3) is 0 Å². The average molecular weight is 193 g/mol. The first-order valence-corrected chi connectivity index (χ1v) is 4.55. The van der Waals surface area contributed by atoms with Crippen LogP contribution in [0.5, 0.6) is 5.75 Å². The number of benzene rings is 1. The topological polar surface area (TPSA) is 52.3 Å². The first-order chi connectivity index (χ1) is 6.50. The SMILES string of the molecule is Cc1ccc(OC(=O)C(C)N)c(C)c1. The van der Waals surface area contributed by atoms with Crippen LogP contribution in [0, 0.1) is 13.8 Å². The van der Waals surface area contributed by atoms with E-state index in [-0.39, 0.29) is 0 Å². The van der Waals surface area contributed by atoms with Gasteiger partial charge in [-0.05, 0) is 32.4 Å². The van der Waals surface area contributed by atoms with Gasteiger partial charge in [0.1, 0.15) is 11.8 Å². The zero-order chi connectivity index (χ0) is 10.7. The summed E-state index contributed by atoms with van der Waals surface area (Å²) in [6.07, 6.45) is 0. The number of rotatable bonds is 2. The standard InChI is InChI=1S/C11H15NO2/c1-7-4-5-10(8(2)6-7)14-11(13)9(3)12/h4-6,9H,12H2,1-3H3. The fraction of sp³-hybridized carbons (Fsp3) is 0.364. The maximum atomic E-state index is 11.2. The Balaban J connectivity index is 2.82. The molecule has 0 saturated carbocycles. The minimum absolute atomic E-state index is 0.406. The Morgan fingerprint density at radius 2 is 2.07 bits per heavy atom. The van der Waals surface area contributed by atoms with Gasteiger partial charge in [-0.15, -0.1) is 0 Å². The van der Waals surface area contributed by atoms with Crippen LogP contribution in [0.2, 0.25) is 0 Å². The van der Waals surface area contributed by atoms with E-state index in [2.05, 4.69) is 0 Å². The number of aryl methyl sites for hydroxylation is 2. The molecular formula is C11H15NO2. The monoisotopic (exact) mass is 193 g/mol. The van der Waals surface area contributed by atoms with Gasteiger partial charge in [0.05, 0.1) is 0 Å². The fourth-order valence-corrected chi connectivity index (χ4v) is 1.12. The first kappa shape index (κ1) is 10.7. The van der Waals surface area contributed by atoms with Crippen molar-refractivity contribution in [2.24, 2.45) is 5.73 Å². The molecule has 3 nitrogen and oxygen atoms in total. The number of hydrogen-bond donors (Lipinski definition) is 1. The second-order valence-electron chi connectivity index (χ2n) is 3.48. The van der Waals surface area contributed by atoms with Gasteiger partial charge in [-0.3, -0.25) is 0 Å². The third-order valence-corrected chi connectivity index (χ3v) is 1.91. The van der Waals surface area contributed by atoms with Crippen LogP contribution >= 0.6 is 0 Å². The summed E-state index contributed by atoms with van der Waals surface area (Å²) in [4.78, 5) is 11.2. The Bertz CT molecular complexity index is 345. The molecular weight excluding hydrogens is 178 g/mol. The molecule has 0 aliphatic heterocycles. The van der Waals surface area contributed by atoms with Crippen molar-refractivity contribution in [3.05, 3.63) is 29.3 Å². The van der Waals surface area contributed by atoms with E-state index in [9.17, 15) is 4.79 Å². The highest BCUT2D eigenvalue weighted by molar-refractivity contribution is 5.77. The molecule has 1 unspecified atom stereocenters. The minimum Gasteiger partial charge on any atom is -0.425 e. The summed E-state index contributed by atoms with van der Waals surface area (Å²) < 4.78 is 5.10. The highest BCUT2D eigenvalue weighted by atomic mass is 16.5. The van der Waals surface area contributed by atoms with Crippen LogP contribution in [0.1, 0.15) is 18.1 Å². The molecule has 76 valence electrons. The summed E-state index contributed by atoms with van der Waals surface area (Å²) in [6.45, 7) is 5.49. The quantitative estimate of drug-likeness (QED) is 0.572. The number of carbonyl (C=O) groups is 1. The van der Waals surface area contributed by atoms with Gasteiger partial charge in [-0.1, -0.05) is 17.7 Å². The molecule has 1 rings (SSSR count). The third-order valence-electron chi connectivity index (χ3n) is 1.91. The predicted octanol–water partition coefficient (Wildman–Crippen LogP) is 1.56. The van der Waals surface area contributed by atoms with Gasteiger partial charge >= 0.3 is 5.97 Å². The lowest BCUT2D eigenvalue weighted by molar-refractivity contribution is -0.135. The molecule has 2 N–H and O–H groups in total. The lowest BCUT2D eigenvalue weighted by Gasteiger charge is -2.09. The van der Waals surface area contributed by atoms with E-state index in [0.29, 0.717) is 5.75 Å². The number of hydrogen-bond acceptors (Lipinski definition) is 3. The summed E-state index contributed by atoms with van der Waals surface area (Å²) in [5, 5.41) is 0. The summed E-state index contributed by atoms with van der Waals surface area (Å²) in [5.74, 6) is 0.176. The van der Waals surface area contributed by atoms with Crippen molar-refractivity contribution in [1.29, 1.82) is 0 Å². The second kappa shape index (κ2) is 4.24. The van der Waals surface area contributed by atoms with Crippen LogP contribution in [0.15, 0.2) is 18.2 Å². The maximum Gasteiger partial charge on any atom is 0.328 e. The lowest BCUT2D eigenvalue weighted by Crippen LogP contribution is -2.31. The van der Waals surface area contributed by atoms with Gasteiger partial charge in [0, 0.05) is 0 Å².